The van der Waals surface area contributed by atoms with E-state index in [-0.39, 0.29) is 29.0 Å². The lowest BCUT2D eigenvalue weighted by Gasteiger charge is -2.08. The van der Waals surface area contributed by atoms with Gasteiger partial charge in [-0.15, -0.1) is 10.2 Å². The number of ether oxygens (including phenoxy) is 1. The fourth-order valence-electron chi connectivity index (χ4n) is 2.59. The van der Waals surface area contributed by atoms with Gasteiger partial charge in [-0.25, -0.2) is 0 Å². The largest absolute Gasteiger partial charge is 0.497 e. The summed E-state index contributed by atoms with van der Waals surface area (Å²) in [6.45, 7) is 0. The number of aromatic nitrogens is 3. The van der Waals surface area contributed by atoms with Gasteiger partial charge in [-0.2, -0.15) is 0 Å². The molecular weight excluding hydrogens is 461 g/mol. The Labute approximate surface area is 193 Å². The van der Waals surface area contributed by atoms with Crippen LogP contribution < -0.4 is 15.4 Å². The van der Waals surface area contributed by atoms with Crippen LogP contribution in [0.25, 0.3) is 0 Å². The Bertz CT molecular complexity index is 1110. The highest BCUT2D eigenvalue weighted by Gasteiger charge is 2.16. The molecule has 1 heterocycles. The molecule has 0 saturated heterocycles. The maximum atomic E-state index is 12.4. The number of nitrogens with one attached hydrogen (secondary N) is 2. The molecule has 0 atom stereocenters. The van der Waals surface area contributed by atoms with Gasteiger partial charge in [0.2, 0.25) is 11.8 Å². The molecule has 0 fully saturated rings. The van der Waals surface area contributed by atoms with Gasteiger partial charge in [0.05, 0.1) is 35.0 Å². The molecule has 0 radical (unpaired) electrons. The molecule has 3 rings (SSSR count). The number of carbonyl (C=O) groups excluding carboxylic acids is 2. The number of anilines is 2. The normalized spacial score (nSPS) is 10.6. The van der Waals surface area contributed by atoms with Gasteiger partial charge < -0.3 is 19.9 Å². The number of methoxy groups -OCH3 is 1. The molecule has 0 saturated carbocycles. The van der Waals surface area contributed by atoms with Gasteiger partial charge in [0.15, 0.2) is 5.16 Å². The van der Waals surface area contributed by atoms with Crippen LogP contribution in [0.5, 0.6) is 5.75 Å². The monoisotopic (exact) mass is 479 g/mol. The number of halogens is 2. The maximum absolute atomic E-state index is 12.4. The van der Waals surface area contributed by atoms with Crippen LogP contribution in [-0.4, -0.2) is 39.4 Å². The lowest BCUT2D eigenvalue weighted by molar-refractivity contribution is -0.116. The number of hydrogen-bond donors (Lipinski definition) is 2. The van der Waals surface area contributed by atoms with E-state index in [4.69, 9.17) is 27.9 Å². The summed E-state index contributed by atoms with van der Waals surface area (Å²) in [6.07, 6.45) is -0.0110. The minimum Gasteiger partial charge on any atom is -0.497 e. The summed E-state index contributed by atoms with van der Waals surface area (Å²) >= 11 is 13.3. The summed E-state index contributed by atoms with van der Waals surface area (Å²) in [6, 6.07) is 12.1. The van der Waals surface area contributed by atoms with E-state index in [1.807, 2.05) is 0 Å². The summed E-state index contributed by atoms with van der Waals surface area (Å²) in [5, 5.41) is 14.8. The van der Waals surface area contributed by atoms with E-state index in [9.17, 15) is 9.59 Å². The number of hydrogen-bond acceptors (Lipinski definition) is 6. The summed E-state index contributed by atoms with van der Waals surface area (Å²) in [7, 11) is 3.30. The highest BCUT2D eigenvalue weighted by atomic mass is 35.5. The molecule has 0 bridgehead atoms. The Morgan fingerprint density at radius 3 is 2.65 bits per heavy atom. The first-order valence-corrected chi connectivity index (χ1v) is 10.8. The van der Waals surface area contributed by atoms with Crippen molar-refractivity contribution >= 4 is 58.2 Å². The molecule has 1 aromatic heterocycles. The van der Waals surface area contributed by atoms with Crippen LogP contribution in [-0.2, 0) is 23.1 Å². The molecule has 31 heavy (non-hydrogen) atoms. The van der Waals surface area contributed by atoms with E-state index >= 15 is 0 Å². The van der Waals surface area contributed by atoms with Crippen LogP contribution in [0.3, 0.4) is 0 Å². The Kier molecular flexibility index (Phi) is 7.78. The number of amides is 2. The molecule has 8 nitrogen and oxygen atoms in total. The maximum Gasteiger partial charge on any atom is 0.234 e. The topological polar surface area (TPSA) is 98.1 Å². The third kappa shape index (κ3) is 6.13. The van der Waals surface area contributed by atoms with Crippen molar-refractivity contribution in [1.82, 2.24) is 14.8 Å². The molecule has 0 aliphatic carbocycles. The van der Waals surface area contributed by atoms with Crippen molar-refractivity contribution < 1.29 is 14.3 Å². The minimum atomic E-state index is -0.313. The molecule has 162 valence electrons. The second-order valence-corrected chi connectivity index (χ2v) is 8.08. The van der Waals surface area contributed by atoms with Crippen LogP contribution in [0.1, 0.15) is 5.82 Å². The first-order valence-electron chi connectivity index (χ1n) is 9.06. The molecular formula is C20H19Cl2N5O3S. The zero-order valence-corrected chi connectivity index (χ0v) is 19.0. The van der Waals surface area contributed by atoms with Crippen molar-refractivity contribution in [3.63, 3.8) is 0 Å². The third-order valence-corrected chi connectivity index (χ3v) is 5.99. The molecule has 0 spiro atoms. The summed E-state index contributed by atoms with van der Waals surface area (Å²) in [4.78, 5) is 24.6. The van der Waals surface area contributed by atoms with Crippen molar-refractivity contribution in [2.75, 3.05) is 23.5 Å². The van der Waals surface area contributed by atoms with Crippen LogP contribution in [0.4, 0.5) is 11.4 Å². The van der Waals surface area contributed by atoms with Gasteiger partial charge in [0, 0.05) is 18.8 Å². The predicted octanol–water partition coefficient (Wildman–Crippen LogP) is 4.04. The Balaban J connectivity index is 1.55. The number of nitrogens with zero attached hydrogens (tertiary/aromatic N) is 3. The Hall–Kier alpha value is -2.75. The molecule has 0 aliphatic heterocycles. The number of thioether (sulfide) groups is 1. The number of carbonyl (C=O) groups is 2. The highest BCUT2D eigenvalue weighted by molar-refractivity contribution is 7.99. The van der Waals surface area contributed by atoms with Crippen molar-refractivity contribution in [3.8, 4) is 5.75 Å². The molecule has 0 unspecified atom stereocenters. The molecule has 0 aliphatic rings. The summed E-state index contributed by atoms with van der Waals surface area (Å²) in [5.74, 6) is 0.725. The molecule has 2 amide bonds. The van der Waals surface area contributed by atoms with Crippen molar-refractivity contribution in [2.24, 2.45) is 7.05 Å². The molecule has 3 aromatic rings. The minimum absolute atomic E-state index is 0.0110. The average Bonchev–Trinajstić information content (AvgIpc) is 3.09. The van der Waals surface area contributed by atoms with E-state index in [2.05, 4.69) is 20.8 Å². The average molecular weight is 480 g/mol. The molecule has 11 heteroatoms. The quantitative estimate of drug-likeness (QED) is 0.473. The zero-order valence-electron chi connectivity index (χ0n) is 16.7. The van der Waals surface area contributed by atoms with E-state index in [1.54, 1.807) is 61.2 Å². The predicted molar refractivity (Wildman–Crippen MR) is 122 cm³/mol. The van der Waals surface area contributed by atoms with Gasteiger partial charge in [0.1, 0.15) is 11.6 Å². The SMILES string of the molecule is COc1cccc(NC(=O)CSc2nnc(CC(=O)Nc3cccc(Cl)c3Cl)n2C)c1. The second kappa shape index (κ2) is 10.5. The highest BCUT2D eigenvalue weighted by Crippen LogP contribution is 2.29. The first kappa shape index (κ1) is 22.9. The van der Waals surface area contributed by atoms with Crippen LogP contribution in [0, 0.1) is 0 Å². The third-order valence-electron chi connectivity index (χ3n) is 4.16. The number of benzene rings is 2. The van der Waals surface area contributed by atoms with Crippen LogP contribution in [0.2, 0.25) is 10.0 Å². The molecule has 2 N–H and O–H groups in total. The van der Waals surface area contributed by atoms with Crippen LogP contribution in [0.15, 0.2) is 47.6 Å². The molecule has 2 aromatic carbocycles. The van der Waals surface area contributed by atoms with Gasteiger partial charge >= 0.3 is 0 Å². The number of rotatable bonds is 8. The van der Waals surface area contributed by atoms with Crippen molar-refractivity contribution in [3.05, 3.63) is 58.3 Å². The first-order chi connectivity index (χ1) is 14.9. The van der Waals surface area contributed by atoms with Gasteiger partial charge in [-0.1, -0.05) is 47.1 Å². The Morgan fingerprint density at radius 2 is 1.87 bits per heavy atom. The summed E-state index contributed by atoms with van der Waals surface area (Å²) in [5.41, 5.74) is 1.06. The van der Waals surface area contributed by atoms with Gasteiger partial charge in [-0.05, 0) is 24.3 Å². The van der Waals surface area contributed by atoms with E-state index in [1.165, 1.54) is 11.8 Å². The van der Waals surface area contributed by atoms with E-state index in [0.717, 1.165) is 0 Å². The lowest BCUT2D eigenvalue weighted by Crippen LogP contribution is -2.17. The smallest absolute Gasteiger partial charge is 0.234 e. The fourth-order valence-corrected chi connectivity index (χ4v) is 3.67. The van der Waals surface area contributed by atoms with E-state index < -0.39 is 0 Å². The zero-order chi connectivity index (χ0) is 22.4. The second-order valence-electron chi connectivity index (χ2n) is 6.35. The standard InChI is InChI=1S/C20H19Cl2N5O3S/c1-27-16(10-17(28)24-15-8-4-7-14(21)19(15)22)25-26-20(27)31-11-18(29)23-12-5-3-6-13(9-12)30-2/h3-9H,10-11H2,1-2H3,(H,23,29)(H,24,28). The van der Waals surface area contributed by atoms with Crippen LogP contribution >= 0.6 is 35.0 Å². The lowest BCUT2D eigenvalue weighted by atomic mass is 10.3. The Morgan fingerprint density at radius 1 is 1.10 bits per heavy atom. The van der Waals surface area contributed by atoms with Crippen molar-refractivity contribution in [2.45, 2.75) is 11.6 Å². The van der Waals surface area contributed by atoms with Gasteiger partial charge in [-0.3, -0.25) is 9.59 Å². The summed E-state index contributed by atoms with van der Waals surface area (Å²) < 4.78 is 6.81. The van der Waals surface area contributed by atoms with E-state index in [0.29, 0.717) is 33.1 Å². The fraction of sp³-hybridized carbons (Fsp3) is 0.200. The van der Waals surface area contributed by atoms with Crippen molar-refractivity contribution in [1.29, 1.82) is 0 Å². The van der Waals surface area contributed by atoms with Gasteiger partial charge in [0.25, 0.3) is 0 Å².